The quantitative estimate of drug-likeness (QED) is 0.738. The first kappa shape index (κ1) is 16.7. The van der Waals surface area contributed by atoms with Gasteiger partial charge in [0.05, 0.1) is 11.6 Å². The molecule has 0 saturated carbocycles. The summed E-state index contributed by atoms with van der Waals surface area (Å²) in [5.74, 6) is 1.08. The van der Waals surface area contributed by atoms with E-state index in [1.165, 1.54) is 0 Å². The number of halogens is 1. The van der Waals surface area contributed by atoms with Crippen LogP contribution < -0.4 is 5.32 Å². The van der Waals surface area contributed by atoms with Crippen molar-refractivity contribution in [2.75, 3.05) is 6.54 Å². The summed E-state index contributed by atoms with van der Waals surface area (Å²) >= 11 is 5.87. The van der Waals surface area contributed by atoms with Crippen LogP contribution in [0.15, 0.2) is 48.5 Å². The molecule has 0 spiro atoms. The van der Waals surface area contributed by atoms with Crippen molar-refractivity contribution in [1.29, 1.82) is 5.26 Å². The second-order valence-electron chi connectivity index (χ2n) is 5.31. The third-order valence-corrected chi connectivity index (χ3v) is 3.81. The molecule has 0 aliphatic rings. The SMILES string of the molecule is N#Cc1ccc(C(=O)NCCc2nc(-c3ccc(Cl)cc3)n[nH]2)cc1. The molecule has 1 aromatic heterocycles. The number of nitriles is 1. The van der Waals surface area contributed by atoms with E-state index in [0.717, 1.165) is 5.56 Å². The number of carbonyl (C=O) groups excluding carboxylic acids is 1. The highest BCUT2D eigenvalue weighted by molar-refractivity contribution is 6.30. The molecular weight excluding hydrogens is 338 g/mol. The minimum absolute atomic E-state index is 0.193. The molecule has 3 rings (SSSR count). The molecular formula is C18H14ClN5O. The van der Waals surface area contributed by atoms with Crippen LogP contribution in [-0.4, -0.2) is 27.6 Å². The van der Waals surface area contributed by atoms with Crippen molar-refractivity contribution in [2.45, 2.75) is 6.42 Å². The Morgan fingerprint density at radius 3 is 2.56 bits per heavy atom. The number of H-pyrrole nitrogens is 1. The maximum Gasteiger partial charge on any atom is 0.251 e. The minimum Gasteiger partial charge on any atom is -0.352 e. The summed E-state index contributed by atoms with van der Waals surface area (Å²) in [6.45, 7) is 0.425. The van der Waals surface area contributed by atoms with Crippen LogP contribution in [0.1, 0.15) is 21.7 Å². The van der Waals surface area contributed by atoms with Crippen molar-refractivity contribution in [1.82, 2.24) is 20.5 Å². The summed E-state index contributed by atoms with van der Waals surface area (Å²) in [7, 11) is 0. The van der Waals surface area contributed by atoms with Gasteiger partial charge in [0.15, 0.2) is 5.82 Å². The highest BCUT2D eigenvalue weighted by Crippen LogP contribution is 2.17. The number of hydrogen-bond acceptors (Lipinski definition) is 4. The van der Waals surface area contributed by atoms with E-state index in [4.69, 9.17) is 16.9 Å². The molecule has 0 aliphatic carbocycles. The second kappa shape index (κ2) is 7.60. The van der Waals surface area contributed by atoms with Crippen molar-refractivity contribution in [3.8, 4) is 17.5 Å². The molecule has 3 aromatic rings. The fourth-order valence-corrected chi connectivity index (χ4v) is 2.35. The van der Waals surface area contributed by atoms with Crippen molar-refractivity contribution in [3.05, 3.63) is 70.5 Å². The lowest BCUT2D eigenvalue weighted by Crippen LogP contribution is -2.25. The third-order valence-electron chi connectivity index (χ3n) is 3.56. The highest BCUT2D eigenvalue weighted by Gasteiger charge is 2.08. The van der Waals surface area contributed by atoms with Gasteiger partial charge in [0.1, 0.15) is 5.82 Å². The van der Waals surface area contributed by atoms with Crippen LogP contribution in [0.4, 0.5) is 0 Å². The lowest BCUT2D eigenvalue weighted by atomic mass is 10.1. The first-order valence-corrected chi connectivity index (χ1v) is 7.99. The number of benzene rings is 2. The molecule has 124 valence electrons. The average molecular weight is 352 g/mol. The maximum atomic E-state index is 12.0. The highest BCUT2D eigenvalue weighted by atomic mass is 35.5. The van der Waals surface area contributed by atoms with Gasteiger partial charge in [-0.2, -0.15) is 10.4 Å². The molecule has 2 N–H and O–H groups in total. The van der Waals surface area contributed by atoms with Gasteiger partial charge >= 0.3 is 0 Å². The predicted molar refractivity (Wildman–Crippen MR) is 94.0 cm³/mol. The fraction of sp³-hybridized carbons (Fsp3) is 0.111. The molecule has 0 aliphatic heterocycles. The van der Waals surface area contributed by atoms with E-state index in [2.05, 4.69) is 20.5 Å². The largest absolute Gasteiger partial charge is 0.352 e. The monoisotopic (exact) mass is 351 g/mol. The summed E-state index contributed by atoms with van der Waals surface area (Å²) in [5.41, 5.74) is 1.90. The molecule has 0 bridgehead atoms. The van der Waals surface area contributed by atoms with E-state index < -0.39 is 0 Å². The molecule has 7 heteroatoms. The normalized spacial score (nSPS) is 10.2. The number of hydrogen-bond donors (Lipinski definition) is 2. The van der Waals surface area contributed by atoms with Gasteiger partial charge in [0.25, 0.3) is 5.91 Å². The van der Waals surface area contributed by atoms with Crippen molar-refractivity contribution in [3.63, 3.8) is 0 Å². The van der Waals surface area contributed by atoms with Gasteiger partial charge < -0.3 is 5.32 Å². The van der Waals surface area contributed by atoms with Crippen molar-refractivity contribution >= 4 is 17.5 Å². The molecule has 0 atom stereocenters. The minimum atomic E-state index is -0.193. The third kappa shape index (κ3) is 4.22. The zero-order valence-electron chi connectivity index (χ0n) is 13.2. The van der Waals surface area contributed by atoms with Gasteiger partial charge in [-0.05, 0) is 48.5 Å². The lowest BCUT2D eigenvalue weighted by Gasteiger charge is -2.03. The van der Waals surface area contributed by atoms with Gasteiger partial charge in [-0.3, -0.25) is 9.89 Å². The van der Waals surface area contributed by atoms with Crippen molar-refractivity contribution < 1.29 is 4.79 Å². The summed E-state index contributed by atoms with van der Waals surface area (Å²) in [6.07, 6.45) is 0.530. The Morgan fingerprint density at radius 2 is 1.88 bits per heavy atom. The molecule has 0 unspecified atom stereocenters. The molecule has 25 heavy (non-hydrogen) atoms. The first-order valence-electron chi connectivity index (χ1n) is 7.61. The Kier molecular flexibility index (Phi) is 5.07. The zero-order valence-corrected chi connectivity index (χ0v) is 13.9. The maximum absolute atomic E-state index is 12.0. The van der Waals surface area contributed by atoms with E-state index in [1.807, 2.05) is 18.2 Å². The number of aromatic amines is 1. The van der Waals surface area contributed by atoms with E-state index in [9.17, 15) is 4.79 Å². The summed E-state index contributed by atoms with van der Waals surface area (Å²) < 4.78 is 0. The van der Waals surface area contributed by atoms with Crippen LogP contribution in [0.25, 0.3) is 11.4 Å². The fourth-order valence-electron chi connectivity index (χ4n) is 2.23. The van der Waals surface area contributed by atoms with Crippen molar-refractivity contribution in [2.24, 2.45) is 0 Å². The lowest BCUT2D eigenvalue weighted by molar-refractivity contribution is 0.0954. The molecule has 0 fully saturated rings. The van der Waals surface area contributed by atoms with Gasteiger partial charge in [0.2, 0.25) is 0 Å². The summed E-state index contributed by atoms with van der Waals surface area (Å²) in [5, 5.41) is 19.3. The van der Waals surface area contributed by atoms with Gasteiger partial charge in [-0.15, -0.1) is 0 Å². The number of amides is 1. The average Bonchev–Trinajstić information content (AvgIpc) is 3.11. The van der Waals surface area contributed by atoms with Crippen LogP contribution in [0.3, 0.4) is 0 Å². The number of nitrogens with zero attached hydrogens (tertiary/aromatic N) is 3. The Hall–Kier alpha value is -3.17. The number of aromatic nitrogens is 3. The van der Waals surface area contributed by atoms with Crippen LogP contribution in [0.5, 0.6) is 0 Å². The Labute approximate surface area is 149 Å². The van der Waals surface area contributed by atoms with E-state index in [-0.39, 0.29) is 5.91 Å². The van der Waals surface area contributed by atoms with Gasteiger partial charge in [0, 0.05) is 29.1 Å². The Bertz CT molecular complexity index is 910. The second-order valence-corrected chi connectivity index (χ2v) is 5.74. The Balaban J connectivity index is 1.54. The zero-order chi connectivity index (χ0) is 17.6. The number of carbonyl (C=O) groups is 1. The first-order chi connectivity index (χ1) is 12.2. The number of rotatable bonds is 5. The number of nitrogens with one attached hydrogen (secondary N) is 2. The van der Waals surface area contributed by atoms with Crippen LogP contribution >= 0.6 is 11.6 Å². The van der Waals surface area contributed by atoms with Crippen LogP contribution in [-0.2, 0) is 6.42 Å². The van der Waals surface area contributed by atoms with Gasteiger partial charge in [-0.1, -0.05) is 11.6 Å². The standard InChI is InChI=1S/C18H14ClN5O/c19-15-7-5-13(6-8-15)17-22-16(23-24-17)9-10-21-18(25)14-3-1-12(11-20)2-4-14/h1-8H,9-10H2,(H,21,25)(H,22,23,24). The van der Waals surface area contributed by atoms with Gasteiger partial charge in [-0.25, -0.2) is 4.98 Å². The van der Waals surface area contributed by atoms with Crippen LogP contribution in [0.2, 0.25) is 5.02 Å². The molecule has 2 aromatic carbocycles. The van der Waals surface area contributed by atoms with E-state index in [0.29, 0.717) is 40.8 Å². The molecule has 1 heterocycles. The van der Waals surface area contributed by atoms with Crippen LogP contribution in [0, 0.1) is 11.3 Å². The summed E-state index contributed by atoms with van der Waals surface area (Å²) in [6, 6.07) is 15.8. The molecule has 0 radical (unpaired) electrons. The smallest absolute Gasteiger partial charge is 0.251 e. The topological polar surface area (TPSA) is 94.5 Å². The molecule has 0 saturated heterocycles. The Morgan fingerprint density at radius 1 is 1.16 bits per heavy atom. The van der Waals surface area contributed by atoms with E-state index >= 15 is 0 Å². The molecule has 6 nitrogen and oxygen atoms in total. The molecule has 1 amide bonds. The predicted octanol–water partition coefficient (Wildman–Crippen LogP) is 2.97. The van der Waals surface area contributed by atoms with E-state index in [1.54, 1.807) is 36.4 Å². The summed E-state index contributed by atoms with van der Waals surface area (Å²) in [4.78, 5) is 16.4.